The Kier molecular flexibility index (Phi) is 7.15. The Balaban J connectivity index is 1.53. The lowest BCUT2D eigenvalue weighted by Gasteiger charge is -2.31. The van der Waals surface area contributed by atoms with Gasteiger partial charge in [0.25, 0.3) is 5.91 Å². The van der Waals surface area contributed by atoms with E-state index in [0.717, 1.165) is 23.7 Å². The van der Waals surface area contributed by atoms with Gasteiger partial charge in [0.1, 0.15) is 12.4 Å². The molecule has 1 saturated heterocycles. The van der Waals surface area contributed by atoms with E-state index >= 15 is 0 Å². The van der Waals surface area contributed by atoms with Crippen molar-refractivity contribution in [2.75, 3.05) is 25.0 Å². The molecule has 0 radical (unpaired) electrons. The van der Waals surface area contributed by atoms with Crippen LogP contribution in [0.4, 0.5) is 10.1 Å². The van der Waals surface area contributed by atoms with Gasteiger partial charge in [-0.3, -0.25) is 9.59 Å². The standard InChI is InChI=1S/C27H25BrFN3O4S/c28-20-8-13-24-23(16-20)26(18-4-9-21(29)10-5-18)32(17-25(33)30-24)27(34)19-6-11-22(12-7-19)37(35,36)31-14-2-1-3-15-31/h4-13,16,26H,1-3,14-15,17H2,(H,30,33)/t26-/m1/s1. The number of hydrogen-bond acceptors (Lipinski definition) is 4. The van der Waals surface area contributed by atoms with Gasteiger partial charge in [-0.05, 0) is 73.0 Å². The zero-order valence-electron chi connectivity index (χ0n) is 19.9. The average Bonchev–Trinajstić information content (AvgIpc) is 3.05. The molecular weight excluding hydrogens is 561 g/mol. The Bertz CT molecular complexity index is 1440. The van der Waals surface area contributed by atoms with Crippen LogP contribution in [-0.2, 0) is 14.8 Å². The van der Waals surface area contributed by atoms with Crippen molar-refractivity contribution in [2.45, 2.75) is 30.2 Å². The van der Waals surface area contributed by atoms with Crippen molar-refractivity contribution in [3.8, 4) is 0 Å². The van der Waals surface area contributed by atoms with Gasteiger partial charge in [0.2, 0.25) is 15.9 Å². The van der Waals surface area contributed by atoms with Crippen molar-refractivity contribution in [2.24, 2.45) is 0 Å². The predicted octanol–water partition coefficient (Wildman–Crippen LogP) is 4.95. The maximum Gasteiger partial charge on any atom is 0.255 e. The van der Waals surface area contributed by atoms with Crippen molar-refractivity contribution in [1.82, 2.24) is 9.21 Å². The molecule has 0 aliphatic carbocycles. The lowest BCUT2D eigenvalue weighted by molar-refractivity contribution is -0.117. The van der Waals surface area contributed by atoms with Gasteiger partial charge >= 0.3 is 0 Å². The number of nitrogens with zero attached hydrogens (tertiary/aromatic N) is 2. The minimum Gasteiger partial charge on any atom is -0.324 e. The largest absolute Gasteiger partial charge is 0.324 e. The molecule has 7 nitrogen and oxygen atoms in total. The number of anilines is 1. The molecule has 3 aromatic carbocycles. The number of nitrogens with one attached hydrogen (secondary N) is 1. The second kappa shape index (κ2) is 10.4. The summed E-state index contributed by atoms with van der Waals surface area (Å²) in [4.78, 5) is 28.2. The van der Waals surface area contributed by atoms with E-state index in [9.17, 15) is 22.4 Å². The third-order valence-corrected chi connectivity index (χ3v) is 9.11. The van der Waals surface area contributed by atoms with Crippen LogP contribution in [0, 0.1) is 5.82 Å². The minimum atomic E-state index is -3.64. The molecule has 0 aromatic heterocycles. The van der Waals surface area contributed by atoms with E-state index in [4.69, 9.17) is 0 Å². The van der Waals surface area contributed by atoms with Gasteiger partial charge in [0.15, 0.2) is 0 Å². The van der Waals surface area contributed by atoms with Crippen LogP contribution >= 0.6 is 15.9 Å². The highest BCUT2D eigenvalue weighted by Gasteiger charge is 2.34. The normalized spacial score (nSPS) is 18.6. The molecule has 0 spiro atoms. The van der Waals surface area contributed by atoms with E-state index in [1.54, 1.807) is 24.3 Å². The number of carbonyl (C=O) groups excluding carboxylic acids is 2. The molecule has 1 atom stereocenters. The number of rotatable bonds is 4. The molecule has 5 rings (SSSR count). The molecule has 0 bridgehead atoms. The molecule has 2 aliphatic rings. The zero-order chi connectivity index (χ0) is 26.2. The van der Waals surface area contributed by atoms with Gasteiger partial charge in [-0.1, -0.05) is 34.5 Å². The first-order valence-corrected chi connectivity index (χ1v) is 14.2. The van der Waals surface area contributed by atoms with Crippen LogP contribution in [0.2, 0.25) is 0 Å². The van der Waals surface area contributed by atoms with E-state index in [-0.39, 0.29) is 22.9 Å². The Morgan fingerprint density at radius 1 is 0.946 bits per heavy atom. The van der Waals surface area contributed by atoms with E-state index in [1.807, 2.05) is 6.07 Å². The Morgan fingerprint density at radius 2 is 1.62 bits per heavy atom. The third kappa shape index (κ3) is 5.18. The lowest BCUT2D eigenvalue weighted by Crippen LogP contribution is -2.39. The summed E-state index contributed by atoms with van der Waals surface area (Å²) in [5.74, 6) is -1.23. The molecule has 37 heavy (non-hydrogen) atoms. The number of benzene rings is 3. The van der Waals surface area contributed by atoms with Crippen molar-refractivity contribution >= 4 is 43.5 Å². The first-order valence-electron chi connectivity index (χ1n) is 12.0. The van der Waals surface area contributed by atoms with Gasteiger partial charge in [-0.25, -0.2) is 12.8 Å². The summed E-state index contributed by atoms with van der Waals surface area (Å²) in [7, 11) is -3.64. The highest BCUT2D eigenvalue weighted by atomic mass is 79.9. The van der Waals surface area contributed by atoms with Gasteiger partial charge < -0.3 is 10.2 Å². The number of piperidine rings is 1. The second-order valence-corrected chi connectivity index (χ2v) is 12.0. The SMILES string of the molecule is O=C1CN(C(=O)c2ccc(S(=O)(=O)N3CCCCC3)cc2)[C@H](c2ccc(F)cc2)c2cc(Br)ccc2N1. The molecule has 192 valence electrons. The topological polar surface area (TPSA) is 86.8 Å². The quantitative estimate of drug-likeness (QED) is 0.469. The molecule has 2 aliphatic heterocycles. The van der Waals surface area contributed by atoms with Crippen molar-refractivity contribution < 1.29 is 22.4 Å². The van der Waals surface area contributed by atoms with Crippen LogP contribution < -0.4 is 5.32 Å². The first kappa shape index (κ1) is 25.6. The van der Waals surface area contributed by atoms with Crippen LogP contribution in [0.1, 0.15) is 46.8 Å². The molecular formula is C27H25BrFN3O4S. The summed E-state index contributed by atoms with van der Waals surface area (Å²) in [6.07, 6.45) is 2.67. The van der Waals surface area contributed by atoms with Crippen LogP contribution in [-0.4, -0.2) is 49.1 Å². The fourth-order valence-corrected chi connectivity index (χ4v) is 6.76. The van der Waals surface area contributed by atoms with Crippen molar-refractivity contribution in [3.05, 3.63) is 93.7 Å². The highest BCUT2D eigenvalue weighted by molar-refractivity contribution is 9.10. The number of hydrogen-bond donors (Lipinski definition) is 1. The number of halogens is 2. The van der Waals surface area contributed by atoms with Gasteiger partial charge in [-0.2, -0.15) is 4.31 Å². The van der Waals surface area contributed by atoms with Crippen molar-refractivity contribution in [1.29, 1.82) is 0 Å². The smallest absolute Gasteiger partial charge is 0.255 e. The van der Waals surface area contributed by atoms with Crippen LogP contribution in [0.3, 0.4) is 0 Å². The summed E-state index contributed by atoms with van der Waals surface area (Å²) in [5, 5.41) is 2.85. The Hall–Kier alpha value is -3.08. The van der Waals surface area contributed by atoms with Crippen LogP contribution in [0.15, 0.2) is 76.1 Å². The van der Waals surface area contributed by atoms with E-state index in [1.165, 1.54) is 45.6 Å². The van der Waals surface area contributed by atoms with E-state index in [2.05, 4.69) is 21.2 Å². The average molecular weight is 586 g/mol. The maximum atomic E-state index is 13.8. The number of fused-ring (bicyclic) bond motifs is 1. The zero-order valence-corrected chi connectivity index (χ0v) is 22.3. The molecule has 2 heterocycles. The Labute approximate surface area is 223 Å². The Morgan fingerprint density at radius 3 is 2.30 bits per heavy atom. The summed E-state index contributed by atoms with van der Waals surface area (Å²) in [6.45, 7) is 0.738. The van der Waals surface area contributed by atoms with Gasteiger partial charge in [0.05, 0.1) is 10.9 Å². The number of sulfonamides is 1. The molecule has 1 N–H and O–H groups in total. The molecule has 0 saturated carbocycles. The summed E-state index contributed by atoms with van der Waals surface area (Å²) in [6, 6.07) is 16.3. The van der Waals surface area contributed by atoms with E-state index < -0.39 is 27.8 Å². The van der Waals surface area contributed by atoms with Gasteiger partial charge in [0, 0.05) is 34.4 Å². The highest BCUT2D eigenvalue weighted by Crippen LogP contribution is 2.38. The fourth-order valence-electron chi connectivity index (χ4n) is 4.86. The molecule has 3 aromatic rings. The predicted molar refractivity (Wildman–Crippen MR) is 141 cm³/mol. The van der Waals surface area contributed by atoms with Crippen LogP contribution in [0.25, 0.3) is 0 Å². The van der Waals surface area contributed by atoms with Gasteiger partial charge in [-0.15, -0.1) is 0 Å². The molecule has 1 fully saturated rings. The second-order valence-electron chi connectivity index (χ2n) is 9.16. The molecule has 10 heteroatoms. The molecule has 2 amide bonds. The maximum absolute atomic E-state index is 13.8. The van der Waals surface area contributed by atoms with Crippen molar-refractivity contribution in [3.63, 3.8) is 0 Å². The summed E-state index contributed by atoms with van der Waals surface area (Å²) >= 11 is 3.47. The third-order valence-electron chi connectivity index (χ3n) is 6.71. The lowest BCUT2D eigenvalue weighted by atomic mass is 9.95. The first-order chi connectivity index (χ1) is 17.7. The molecule has 0 unspecified atom stereocenters. The van der Waals surface area contributed by atoms with Crippen LogP contribution in [0.5, 0.6) is 0 Å². The number of amides is 2. The van der Waals surface area contributed by atoms with E-state index in [0.29, 0.717) is 29.9 Å². The minimum absolute atomic E-state index is 0.129. The fraction of sp³-hybridized carbons (Fsp3) is 0.259. The summed E-state index contributed by atoms with van der Waals surface area (Å²) < 4.78 is 42.0. The monoisotopic (exact) mass is 585 g/mol. The summed E-state index contributed by atoms with van der Waals surface area (Å²) in [5.41, 5.74) is 2.11. The number of carbonyl (C=O) groups is 2.